The molecule has 0 saturated heterocycles. The van der Waals surface area contributed by atoms with Gasteiger partial charge in [0.1, 0.15) is 5.60 Å². The third-order valence-corrected chi connectivity index (χ3v) is 7.04. The summed E-state index contributed by atoms with van der Waals surface area (Å²) in [6.45, 7) is 11.3. The van der Waals surface area contributed by atoms with Gasteiger partial charge in [-0.3, -0.25) is 4.79 Å². The summed E-state index contributed by atoms with van der Waals surface area (Å²) in [6, 6.07) is 17.9. The van der Waals surface area contributed by atoms with Gasteiger partial charge in [0.05, 0.1) is 24.3 Å². The van der Waals surface area contributed by atoms with Crippen LogP contribution in [0.1, 0.15) is 59.1 Å². The van der Waals surface area contributed by atoms with Gasteiger partial charge in [-0.25, -0.2) is 4.79 Å². The zero-order valence-electron chi connectivity index (χ0n) is 26.0. The standard InChI is InChI=1S/C33H51N3O6/c1-32(2,3)25(17-18-37)30(40)35-26(19-23-13-9-7-10-14-23)28(38)21-34-22-29(39)27(20-24-15-11-8-12-16-24)36-31(41)42-33(4,5)6/h7-16,25-29,34,37-39H,17-22H2,1-6H3,(H,35,40)(H,36,41)/t25?,26-,27-,28+,29+/m0/s1. The first kappa shape index (κ1) is 35.2. The summed E-state index contributed by atoms with van der Waals surface area (Å²) in [5.41, 5.74) is 0.850. The molecule has 234 valence electrons. The van der Waals surface area contributed by atoms with Gasteiger partial charge in [0.15, 0.2) is 0 Å². The van der Waals surface area contributed by atoms with Crippen LogP contribution in [0.5, 0.6) is 0 Å². The molecule has 0 bridgehead atoms. The maximum absolute atomic E-state index is 13.3. The van der Waals surface area contributed by atoms with Crippen molar-refractivity contribution >= 4 is 12.0 Å². The molecular weight excluding hydrogens is 534 g/mol. The molecule has 0 radical (unpaired) electrons. The van der Waals surface area contributed by atoms with E-state index in [-0.39, 0.29) is 31.0 Å². The second kappa shape index (κ2) is 16.6. The van der Waals surface area contributed by atoms with E-state index in [9.17, 15) is 24.9 Å². The summed E-state index contributed by atoms with van der Waals surface area (Å²) in [5, 5.41) is 40.7. The SMILES string of the molecule is CC(C)(C)OC(=O)N[C@@H](Cc1ccccc1)[C@H](O)CNC[C@@H](O)[C@H](Cc1ccccc1)NC(=O)C(CCO)C(C)(C)C. The fourth-order valence-corrected chi connectivity index (χ4v) is 4.79. The number of aliphatic hydroxyl groups excluding tert-OH is 3. The second-order valence-corrected chi connectivity index (χ2v) is 13.0. The predicted molar refractivity (Wildman–Crippen MR) is 165 cm³/mol. The summed E-state index contributed by atoms with van der Waals surface area (Å²) in [6.07, 6.45) is -1.46. The molecule has 42 heavy (non-hydrogen) atoms. The highest BCUT2D eigenvalue weighted by molar-refractivity contribution is 5.79. The predicted octanol–water partition coefficient (Wildman–Crippen LogP) is 3.21. The third kappa shape index (κ3) is 12.9. The lowest BCUT2D eigenvalue weighted by Gasteiger charge is -2.33. The van der Waals surface area contributed by atoms with Gasteiger partial charge in [-0.15, -0.1) is 0 Å². The minimum atomic E-state index is -0.984. The number of carbonyl (C=O) groups is 2. The Bertz CT molecular complexity index is 1070. The number of aliphatic hydroxyl groups is 3. The van der Waals surface area contributed by atoms with Crippen LogP contribution >= 0.6 is 0 Å². The highest BCUT2D eigenvalue weighted by atomic mass is 16.6. The maximum Gasteiger partial charge on any atom is 0.407 e. The van der Waals surface area contributed by atoms with E-state index in [1.807, 2.05) is 81.4 Å². The van der Waals surface area contributed by atoms with Gasteiger partial charge >= 0.3 is 6.09 Å². The van der Waals surface area contributed by atoms with E-state index in [0.29, 0.717) is 19.3 Å². The lowest BCUT2D eigenvalue weighted by molar-refractivity contribution is -0.130. The van der Waals surface area contributed by atoms with Crippen molar-refractivity contribution < 1.29 is 29.6 Å². The molecule has 0 spiro atoms. The molecule has 9 nitrogen and oxygen atoms in total. The molecule has 2 amide bonds. The lowest BCUT2D eigenvalue weighted by Crippen LogP contribution is -2.54. The van der Waals surface area contributed by atoms with Gasteiger partial charge in [0, 0.05) is 25.6 Å². The number of alkyl carbamates (subject to hydrolysis) is 1. The minimum Gasteiger partial charge on any atom is -0.444 e. The van der Waals surface area contributed by atoms with Crippen LogP contribution in [0, 0.1) is 11.3 Å². The molecule has 0 aliphatic carbocycles. The molecule has 0 aliphatic heterocycles. The Morgan fingerprint density at radius 3 is 1.62 bits per heavy atom. The molecule has 9 heteroatoms. The fraction of sp³-hybridized carbons (Fsp3) is 0.576. The van der Waals surface area contributed by atoms with Crippen molar-refractivity contribution in [1.29, 1.82) is 0 Å². The Hall–Kier alpha value is -2.98. The van der Waals surface area contributed by atoms with E-state index in [1.165, 1.54) is 0 Å². The second-order valence-electron chi connectivity index (χ2n) is 13.0. The first-order valence-electron chi connectivity index (χ1n) is 14.7. The first-order chi connectivity index (χ1) is 19.7. The average Bonchev–Trinajstić information content (AvgIpc) is 2.90. The monoisotopic (exact) mass is 585 g/mol. The highest BCUT2D eigenvalue weighted by Crippen LogP contribution is 2.29. The number of carbonyl (C=O) groups excluding carboxylic acids is 2. The zero-order valence-corrected chi connectivity index (χ0v) is 26.0. The molecule has 0 saturated carbocycles. The van der Waals surface area contributed by atoms with Crippen molar-refractivity contribution in [2.24, 2.45) is 11.3 Å². The van der Waals surface area contributed by atoms with Gasteiger partial charge in [-0.05, 0) is 56.6 Å². The number of hydrogen-bond donors (Lipinski definition) is 6. The molecule has 0 heterocycles. The van der Waals surface area contributed by atoms with Crippen LogP contribution in [0.4, 0.5) is 4.79 Å². The van der Waals surface area contributed by atoms with E-state index in [1.54, 1.807) is 20.8 Å². The van der Waals surface area contributed by atoms with Crippen LogP contribution in [-0.2, 0) is 22.4 Å². The third-order valence-electron chi connectivity index (χ3n) is 7.04. The van der Waals surface area contributed by atoms with Gasteiger partial charge in [0.2, 0.25) is 5.91 Å². The molecule has 2 rings (SSSR count). The van der Waals surface area contributed by atoms with E-state index < -0.39 is 41.9 Å². The Morgan fingerprint density at radius 1 is 0.762 bits per heavy atom. The first-order valence-corrected chi connectivity index (χ1v) is 14.7. The number of nitrogens with one attached hydrogen (secondary N) is 3. The van der Waals surface area contributed by atoms with Crippen molar-refractivity contribution in [1.82, 2.24) is 16.0 Å². The zero-order chi connectivity index (χ0) is 31.3. The largest absolute Gasteiger partial charge is 0.444 e. The van der Waals surface area contributed by atoms with Crippen LogP contribution < -0.4 is 16.0 Å². The number of rotatable bonds is 15. The molecule has 0 aliphatic rings. The molecule has 0 fully saturated rings. The molecule has 5 atom stereocenters. The van der Waals surface area contributed by atoms with Crippen LogP contribution in [0.15, 0.2) is 60.7 Å². The average molecular weight is 586 g/mol. The Labute approximate surface area is 251 Å². The van der Waals surface area contributed by atoms with Crippen LogP contribution in [0.3, 0.4) is 0 Å². The molecule has 0 aromatic heterocycles. The highest BCUT2D eigenvalue weighted by Gasteiger charge is 2.33. The normalized spacial score (nSPS) is 15.6. The molecular formula is C33H51N3O6. The number of ether oxygens (including phenoxy) is 1. The molecule has 1 unspecified atom stereocenters. The van der Waals surface area contributed by atoms with E-state index in [4.69, 9.17) is 4.74 Å². The van der Waals surface area contributed by atoms with Gasteiger partial charge in [0.25, 0.3) is 0 Å². The van der Waals surface area contributed by atoms with Crippen molar-refractivity contribution in [3.63, 3.8) is 0 Å². The fourth-order valence-electron chi connectivity index (χ4n) is 4.79. The van der Waals surface area contributed by atoms with E-state index >= 15 is 0 Å². The van der Waals surface area contributed by atoms with Crippen LogP contribution in [0.25, 0.3) is 0 Å². The van der Waals surface area contributed by atoms with E-state index in [2.05, 4.69) is 16.0 Å². The Balaban J connectivity index is 2.10. The van der Waals surface area contributed by atoms with Crippen molar-refractivity contribution in [2.45, 2.75) is 90.7 Å². The van der Waals surface area contributed by atoms with Crippen molar-refractivity contribution in [3.05, 3.63) is 71.8 Å². The quantitative estimate of drug-likeness (QED) is 0.189. The Morgan fingerprint density at radius 2 is 1.21 bits per heavy atom. The summed E-state index contributed by atoms with van der Waals surface area (Å²) in [7, 11) is 0. The van der Waals surface area contributed by atoms with Crippen molar-refractivity contribution in [3.8, 4) is 0 Å². The van der Waals surface area contributed by atoms with Gasteiger partial charge in [-0.1, -0.05) is 81.4 Å². The number of benzene rings is 2. The molecule has 2 aromatic carbocycles. The van der Waals surface area contributed by atoms with Crippen LogP contribution in [-0.4, -0.2) is 76.9 Å². The summed E-state index contributed by atoms with van der Waals surface area (Å²) < 4.78 is 5.41. The Kier molecular flexibility index (Phi) is 13.9. The summed E-state index contributed by atoms with van der Waals surface area (Å²) in [4.78, 5) is 25.8. The lowest BCUT2D eigenvalue weighted by atomic mass is 9.78. The maximum atomic E-state index is 13.3. The van der Waals surface area contributed by atoms with Crippen LogP contribution in [0.2, 0.25) is 0 Å². The number of hydrogen-bond acceptors (Lipinski definition) is 7. The smallest absolute Gasteiger partial charge is 0.407 e. The number of amides is 2. The topological polar surface area (TPSA) is 140 Å². The van der Waals surface area contributed by atoms with E-state index in [0.717, 1.165) is 11.1 Å². The molecule has 2 aromatic rings. The van der Waals surface area contributed by atoms with Crippen molar-refractivity contribution in [2.75, 3.05) is 19.7 Å². The molecule has 6 N–H and O–H groups in total. The summed E-state index contributed by atoms with van der Waals surface area (Å²) in [5.74, 6) is -0.651. The minimum absolute atomic E-state index is 0.0888. The summed E-state index contributed by atoms with van der Waals surface area (Å²) >= 11 is 0. The van der Waals surface area contributed by atoms with Gasteiger partial charge in [-0.2, -0.15) is 0 Å². The van der Waals surface area contributed by atoms with Gasteiger partial charge < -0.3 is 36.0 Å².